The summed E-state index contributed by atoms with van der Waals surface area (Å²) in [5.41, 5.74) is 0.0868. The Hall–Kier alpha value is -2.12. The van der Waals surface area contributed by atoms with Gasteiger partial charge in [-0.25, -0.2) is 0 Å². The molecule has 3 rings (SSSR count). The standard InChI is InChI=1S/C16H20ClN5O2/c1-21-7-3-4-11(9-21)18-16-20-19-14(15(24)22(16)2)12-6-5-10(17)8-13(12)23/h5-6,8,11,23H,3-4,7,9H2,1-2H3,(H,18,20)/t11-/m1/s1. The van der Waals surface area contributed by atoms with Crippen LogP contribution in [0.2, 0.25) is 5.02 Å². The second-order valence-electron chi connectivity index (χ2n) is 6.14. The second-order valence-corrected chi connectivity index (χ2v) is 6.58. The lowest BCUT2D eigenvalue weighted by atomic mass is 10.1. The van der Waals surface area contributed by atoms with Gasteiger partial charge in [-0.1, -0.05) is 11.6 Å². The van der Waals surface area contributed by atoms with Crippen molar-refractivity contribution in [3.8, 4) is 17.0 Å². The van der Waals surface area contributed by atoms with Gasteiger partial charge >= 0.3 is 0 Å². The van der Waals surface area contributed by atoms with Gasteiger partial charge in [-0.2, -0.15) is 0 Å². The van der Waals surface area contributed by atoms with Crippen LogP contribution in [0.4, 0.5) is 5.95 Å². The van der Waals surface area contributed by atoms with Gasteiger partial charge < -0.3 is 15.3 Å². The maximum Gasteiger partial charge on any atom is 0.281 e. The van der Waals surface area contributed by atoms with E-state index in [-0.39, 0.29) is 23.0 Å². The van der Waals surface area contributed by atoms with E-state index in [4.69, 9.17) is 11.6 Å². The maximum absolute atomic E-state index is 12.6. The number of rotatable bonds is 3. The minimum absolute atomic E-state index is 0.0940. The normalized spacial score (nSPS) is 18.5. The van der Waals surface area contributed by atoms with Crippen LogP contribution in [0.3, 0.4) is 0 Å². The third-order valence-corrected chi connectivity index (χ3v) is 4.48. The van der Waals surface area contributed by atoms with Gasteiger partial charge in [-0.15, -0.1) is 10.2 Å². The van der Waals surface area contributed by atoms with Crippen LogP contribution in [-0.2, 0) is 7.05 Å². The van der Waals surface area contributed by atoms with E-state index in [1.54, 1.807) is 19.2 Å². The van der Waals surface area contributed by atoms with Crippen molar-refractivity contribution in [1.82, 2.24) is 19.7 Å². The number of nitrogens with zero attached hydrogens (tertiary/aromatic N) is 4. The van der Waals surface area contributed by atoms with Crippen LogP contribution in [0.15, 0.2) is 23.0 Å². The Morgan fingerprint density at radius 2 is 2.12 bits per heavy atom. The maximum atomic E-state index is 12.6. The van der Waals surface area contributed by atoms with E-state index < -0.39 is 0 Å². The van der Waals surface area contributed by atoms with Crippen LogP contribution in [0.5, 0.6) is 5.75 Å². The van der Waals surface area contributed by atoms with E-state index in [9.17, 15) is 9.90 Å². The number of hydrogen-bond acceptors (Lipinski definition) is 6. The molecule has 0 amide bonds. The molecule has 1 aliphatic rings. The molecule has 8 heteroatoms. The molecule has 24 heavy (non-hydrogen) atoms. The van der Waals surface area contributed by atoms with Crippen LogP contribution < -0.4 is 10.9 Å². The summed E-state index contributed by atoms with van der Waals surface area (Å²) in [5.74, 6) is 0.334. The molecule has 0 bridgehead atoms. The molecule has 0 aliphatic carbocycles. The first-order chi connectivity index (χ1) is 11.5. The zero-order chi connectivity index (χ0) is 17.3. The Morgan fingerprint density at radius 1 is 1.33 bits per heavy atom. The van der Waals surface area contributed by atoms with Crippen molar-refractivity contribution in [2.75, 3.05) is 25.5 Å². The zero-order valence-electron chi connectivity index (χ0n) is 13.7. The number of phenols is 1. The summed E-state index contributed by atoms with van der Waals surface area (Å²) >= 11 is 5.83. The smallest absolute Gasteiger partial charge is 0.281 e. The highest BCUT2D eigenvalue weighted by atomic mass is 35.5. The highest BCUT2D eigenvalue weighted by molar-refractivity contribution is 6.30. The monoisotopic (exact) mass is 349 g/mol. The average molecular weight is 350 g/mol. The molecule has 1 aromatic carbocycles. The fraction of sp³-hybridized carbons (Fsp3) is 0.438. The van der Waals surface area contributed by atoms with Crippen molar-refractivity contribution in [3.63, 3.8) is 0 Å². The van der Waals surface area contributed by atoms with Gasteiger partial charge in [0.25, 0.3) is 5.56 Å². The van der Waals surface area contributed by atoms with Crippen molar-refractivity contribution in [1.29, 1.82) is 0 Å². The van der Waals surface area contributed by atoms with Gasteiger partial charge in [0.2, 0.25) is 5.95 Å². The topological polar surface area (TPSA) is 83.3 Å². The molecular formula is C16H20ClN5O2. The van der Waals surface area contributed by atoms with Crippen LogP contribution in [-0.4, -0.2) is 50.9 Å². The number of benzene rings is 1. The van der Waals surface area contributed by atoms with Crippen molar-refractivity contribution < 1.29 is 5.11 Å². The molecule has 0 spiro atoms. The van der Waals surface area contributed by atoms with E-state index in [2.05, 4.69) is 27.5 Å². The molecule has 1 aromatic heterocycles. The predicted octanol–water partition coefficient (Wildman–Crippen LogP) is 1.71. The van der Waals surface area contributed by atoms with E-state index in [1.807, 2.05) is 0 Å². The Labute approximate surface area is 144 Å². The molecule has 0 saturated carbocycles. The van der Waals surface area contributed by atoms with E-state index in [1.165, 1.54) is 10.6 Å². The quantitative estimate of drug-likeness (QED) is 0.877. The predicted molar refractivity (Wildman–Crippen MR) is 93.5 cm³/mol. The molecule has 7 nitrogen and oxygen atoms in total. The number of piperidine rings is 1. The Morgan fingerprint density at radius 3 is 2.83 bits per heavy atom. The van der Waals surface area contributed by atoms with Gasteiger partial charge in [-0.3, -0.25) is 9.36 Å². The minimum Gasteiger partial charge on any atom is -0.507 e. The number of aromatic nitrogens is 3. The van der Waals surface area contributed by atoms with Gasteiger partial charge in [0.05, 0.1) is 0 Å². The number of hydrogen-bond donors (Lipinski definition) is 2. The number of anilines is 1. The van der Waals surface area contributed by atoms with Crippen LogP contribution in [0.25, 0.3) is 11.3 Å². The summed E-state index contributed by atoms with van der Waals surface area (Å²) in [6.07, 6.45) is 2.13. The first kappa shape index (κ1) is 16.7. The summed E-state index contributed by atoms with van der Waals surface area (Å²) in [5, 5.41) is 21.8. The first-order valence-corrected chi connectivity index (χ1v) is 8.21. The molecule has 128 valence electrons. The lowest BCUT2D eigenvalue weighted by Gasteiger charge is -2.30. The third kappa shape index (κ3) is 3.37. The minimum atomic E-state index is -0.325. The molecule has 1 saturated heterocycles. The largest absolute Gasteiger partial charge is 0.507 e. The lowest BCUT2D eigenvalue weighted by Crippen LogP contribution is -2.41. The van der Waals surface area contributed by atoms with Crippen molar-refractivity contribution in [2.24, 2.45) is 7.05 Å². The van der Waals surface area contributed by atoms with Crippen molar-refractivity contribution in [2.45, 2.75) is 18.9 Å². The van der Waals surface area contributed by atoms with Crippen LogP contribution in [0.1, 0.15) is 12.8 Å². The van der Waals surface area contributed by atoms with Gasteiger partial charge in [0.15, 0.2) is 5.69 Å². The van der Waals surface area contributed by atoms with Crippen LogP contribution in [0, 0.1) is 0 Å². The summed E-state index contributed by atoms with van der Waals surface area (Å²) in [6.45, 7) is 1.98. The van der Waals surface area contributed by atoms with E-state index in [0.29, 0.717) is 16.5 Å². The number of aromatic hydroxyl groups is 1. The summed E-state index contributed by atoms with van der Waals surface area (Å²) in [7, 11) is 3.72. The molecule has 0 unspecified atom stereocenters. The Balaban J connectivity index is 1.90. The fourth-order valence-corrected chi connectivity index (χ4v) is 3.10. The molecule has 2 N–H and O–H groups in total. The third-order valence-electron chi connectivity index (χ3n) is 4.24. The highest BCUT2D eigenvalue weighted by Gasteiger charge is 2.20. The number of likely N-dealkylation sites (tertiary alicyclic amines) is 1. The molecule has 1 aliphatic heterocycles. The molecular weight excluding hydrogens is 330 g/mol. The Kier molecular flexibility index (Phi) is 4.73. The summed E-state index contributed by atoms with van der Waals surface area (Å²) in [6, 6.07) is 4.77. The van der Waals surface area contributed by atoms with Gasteiger partial charge in [0.1, 0.15) is 5.75 Å². The highest BCUT2D eigenvalue weighted by Crippen LogP contribution is 2.28. The van der Waals surface area contributed by atoms with Crippen molar-refractivity contribution in [3.05, 3.63) is 33.6 Å². The number of likely N-dealkylation sites (N-methyl/N-ethyl adjacent to an activating group) is 1. The molecule has 2 aromatic rings. The average Bonchev–Trinajstić information content (AvgIpc) is 2.53. The Bertz CT molecular complexity index is 808. The van der Waals surface area contributed by atoms with Crippen molar-refractivity contribution >= 4 is 17.5 Å². The van der Waals surface area contributed by atoms with Crippen LogP contribution >= 0.6 is 11.6 Å². The molecule has 1 atom stereocenters. The summed E-state index contributed by atoms with van der Waals surface area (Å²) in [4.78, 5) is 14.8. The zero-order valence-corrected chi connectivity index (χ0v) is 14.4. The number of nitrogens with one attached hydrogen (secondary N) is 1. The lowest BCUT2D eigenvalue weighted by molar-refractivity contribution is 0.260. The molecule has 1 fully saturated rings. The number of halogens is 1. The summed E-state index contributed by atoms with van der Waals surface area (Å²) < 4.78 is 1.42. The van der Waals surface area contributed by atoms with Gasteiger partial charge in [0, 0.05) is 30.2 Å². The van der Waals surface area contributed by atoms with E-state index in [0.717, 1.165) is 25.9 Å². The fourth-order valence-electron chi connectivity index (χ4n) is 2.93. The molecule has 2 heterocycles. The molecule has 0 radical (unpaired) electrons. The second kappa shape index (κ2) is 6.78. The SMILES string of the molecule is CN1CCC[C@@H](Nc2nnc(-c3ccc(Cl)cc3O)c(=O)n2C)C1. The van der Waals surface area contributed by atoms with E-state index >= 15 is 0 Å². The first-order valence-electron chi connectivity index (χ1n) is 7.83. The number of phenolic OH excluding ortho intramolecular Hbond substituents is 1. The van der Waals surface area contributed by atoms with Gasteiger partial charge in [-0.05, 0) is 44.6 Å².